The SMILES string of the molecule is COc1ccc(-c2cc(C(=O)NC[C@@H](c3ccco3)N3CCCCCC3)no2)cc1. The third-order valence-corrected chi connectivity index (χ3v) is 5.53. The summed E-state index contributed by atoms with van der Waals surface area (Å²) < 4.78 is 16.2. The molecule has 4 rings (SSSR count). The summed E-state index contributed by atoms with van der Waals surface area (Å²) in [7, 11) is 1.62. The average Bonchev–Trinajstić information content (AvgIpc) is 3.42. The fraction of sp³-hybridized carbons (Fsp3) is 0.391. The Morgan fingerprint density at radius 3 is 2.60 bits per heavy atom. The zero-order valence-corrected chi connectivity index (χ0v) is 17.2. The van der Waals surface area contributed by atoms with Crippen LogP contribution in [0.3, 0.4) is 0 Å². The molecule has 0 radical (unpaired) electrons. The van der Waals surface area contributed by atoms with Crippen LogP contribution in [0.15, 0.2) is 57.7 Å². The molecular weight excluding hydrogens is 382 g/mol. The lowest BCUT2D eigenvalue weighted by molar-refractivity contribution is 0.0918. The Kier molecular flexibility index (Phi) is 6.49. The lowest BCUT2D eigenvalue weighted by Gasteiger charge is -2.29. The molecule has 7 nitrogen and oxygen atoms in total. The topological polar surface area (TPSA) is 80.7 Å². The van der Waals surface area contributed by atoms with Crippen molar-refractivity contribution < 1.29 is 18.5 Å². The molecule has 0 saturated carbocycles. The number of rotatable bonds is 7. The minimum Gasteiger partial charge on any atom is -0.497 e. The van der Waals surface area contributed by atoms with Gasteiger partial charge in [-0.25, -0.2) is 0 Å². The van der Waals surface area contributed by atoms with Crippen LogP contribution < -0.4 is 10.1 Å². The number of nitrogens with one attached hydrogen (secondary N) is 1. The predicted molar refractivity (Wildman–Crippen MR) is 112 cm³/mol. The second-order valence-corrected chi connectivity index (χ2v) is 7.50. The smallest absolute Gasteiger partial charge is 0.273 e. The highest BCUT2D eigenvalue weighted by atomic mass is 16.5. The quantitative estimate of drug-likeness (QED) is 0.627. The van der Waals surface area contributed by atoms with Crippen molar-refractivity contribution in [1.29, 1.82) is 0 Å². The Morgan fingerprint density at radius 1 is 1.17 bits per heavy atom. The number of nitrogens with zero attached hydrogens (tertiary/aromatic N) is 2. The standard InChI is InChI=1S/C23H27N3O4/c1-28-18-10-8-17(9-11-18)22-15-19(25-30-22)23(27)24-16-20(21-7-6-14-29-21)26-12-4-2-3-5-13-26/h6-11,14-15,20H,2-5,12-13,16H2,1H3,(H,24,27)/t20-/m0/s1. The minimum atomic E-state index is -0.259. The van der Waals surface area contributed by atoms with E-state index in [0.29, 0.717) is 12.3 Å². The molecule has 7 heteroatoms. The number of amides is 1. The first kappa shape index (κ1) is 20.2. The van der Waals surface area contributed by atoms with Crippen LogP contribution in [0.2, 0.25) is 0 Å². The minimum absolute atomic E-state index is 0.00927. The van der Waals surface area contributed by atoms with Crippen LogP contribution in [0, 0.1) is 0 Å². The summed E-state index contributed by atoms with van der Waals surface area (Å²) in [6.45, 7) is 2.47. The highest BCUT2D eigenvalue weighted by molar-refractivity contribution is 5.93. The number of ether oxygens (including phenoxy) is 1. The van der Waals surface area contributed by atoms with Crippen molar-refractivity contribution in [3.63, 3.8) is 0 Å². The van der Waals surface area contributed by atoms with Gasteiger partial charge in [0.2, 0.25) is 0 Å². The molecule has 0 unspecified atom stereocenters. The highest BCUT2D eigenvalue weighted by Crippen LogP contribution is 2.25. The number of carbonyl (C=O) groups is 1. The number of methoxy groups -OCH3 is 1. The third kappa shape index (κ3) is 4.74. The molecule has 1 amide bonds. The first-order chi connectivity index (χ1) is 14.7. The second kappa shape index (κ2) is 9.63. The van der Waals surface area contributed by atoms with Crippen molar-refractivity contribution >= 4 is 5.91 Å². The number of furan rings is 1. The monoisotopic (exact) mass is 409 g/mol. The van der Waals surface area contributed by atoms with Crippen molar-refractivity contribution in [2.75, 3.05) is 26.7 Å². The summed E-state index contributed by atoms with van der Waals surface area (Å²) in [6, 6.07) is 12.9. The van der Waals surface area contributed by atoms with Crippen LogP contribution in [0.1, 0.15) is 48.0 Å². The van der Waals surface area contributed by atoms with Crippen LogP contribution in [-0.2, 0) is 0 Å². The summed E-state index contributed by atoms with van der Waals surface area (Å²) in [5, 5.41) is 6.95. The third-order valence-electron chi connectivity index (χ3n) is 5.53. The largest absolute Gasteiger partial charge is 0.497 e. The van der Waals surface area contributed by atoms with Crippen LogP contribution in [-0.4, -0.2) is 42.7 Å². The molecule has 3 aromatic rings. The normalized spacial score (nSPS) is 16.0. The molecule has 1 aromatic carbocycles. The van der Waals surface area contributed by atoms with Gasteiger partial charge in [0, 0.05) is 18.2 Å². The molecule has 0 aliphatic carbocycles. The Morgan fingerprint density at radius 2 is 1.93 bits per heavy atom. The Labute approximate surface area is 176 Å². The van der Waals surface area contributed by atoms with E-state index < -0.39 is 0 Å². The van der Waals surface area contributed by atoms with Crippen molar-refractivity contribution in [1.82, 2.24) is 15.4 Å². The molecular formula is C23H27N3O4. The van der Waals surface area contributed by atoms with Crippen molar-refractivity contribution in [3.8, 4) is 17.1 Å². The van der Waals surface area contributed by atoms with Gasteiger partial charge < -0.3 is 19.0 Å². The maximum Gasteiger partial charge on any atom is 0.273 e. The Bertz CT molecular complexity index is 926. The first-order valence-electron chi connectivity index (χ1n) is 10.4. The maximum atomic E-state index is 12.7. The molecule has 1 aliphatic rings. The number of hydrogen-bond acceptors (Lipinski definition) is 6. The number of aromatic nitrogens is 1. The predicted octanol–water partition coefficient (Wildman–Crippen LogP) is 4.29. The van der Waals surface area contributed by atoms with Gasteiger partial charge in [-0.15, -0.1) is 0 Å². The van der Waals surface area contributed by atoms with E-state index in [2.05, 4.69) is 15.4 Å². The Hall–Kier alpha value is -3.06. The molecule has 1 fully saturated rings. The Balaban J connectivity index is 1.42. The van der Waals surface area contributed by atoms with E-state index in [1.807, 2.05) is 36.4 Å². The first-order valence-corrected chi connectivity index (χ1v) is 10.4. The molecule has 2 aromatic heterocycles. The van der Waals surface area contributed by atoms with Crippen LogP contribution in [0.5, 0.6) is 5.75 Å². The van der Waals surface area contributed by atoms with Gasteiger partial charge in [0.25, 0.3) is 5.91 Å². The lowest BCUT2D eigenvalue weighted by atomic mass is 10.1. The van der Waals surface area contributed by atoms with Crippen molar-refractivity contribution in [2.24, 2.45) is 0 Å². The molecule has 1 saturated heterocycles. The fourth-order valence-electron chi connectivity index (χ4n) is 3.85. The number of hydrogen-bond donors (Lipinski definition) is 1. The number of benzene rings is 1. The summed E-state index contributed by atoms with van der Waals surface area (Å²) in [4.78, 5) is 15.1. The van der Waals surface area contributed by atoms with E-state index >= 15 is 0 Å². The van der Waals surface area contributed by atoms with Gasteiger partial charge in [0.1, 0.15) is 11.5 Å². The van der Waals surface area contributed by atoms with Crippen LogP contribution in [0.25, 0.3) is 11.3 Å². The van der Waals surface area contributed by atoms with E-state index in [1.54, 1.807) is 19.4 Å². The lowest BCUT2D eigenvalue weighted by Crippen LogP contribution is -2.38. The van der Waals surface area contributed by atoms with Gasteiger partial charge in [-0.05, 0) is 62.3 Å². The summed E-state index contributed by atoms with van der Waals surface area (Å²) in [5.74, 6) is 1.91. The van der Waals surface area contributed by atoms with E-state index in [0.717, 1.165) is 30.2 Å². The van der Waals surface area contributed by atoms with Gasteiger partial charge >= 0.3 is 0 Å². The van der Waals surface area contributed by atoms with E-state index in [9.17, 15) is 4.79 Å². The van der Waals surface area contributed by atoms with E-state index in [-0.39, 0.29) is 17.6 Å². The molecule has 1 N–H and O–H groups in total. The van der Waals surface area contributed by atoms with Crippen LogP contribution in [0.4, 0.5) is 0 Å². The van der Waals surface area contributed by atoms with Gasteiger partial charge in [-0.1, -0.05) is 18.0 Å². The molecule has 30 heavy (non-hydrogen) atoms. The van der Waals surface area contributed by atoms with Crippen molar-refractivity contribution in [3.05, 3.63) is 60.2 Å². The molecule has 0 spiro atoms. The van der Waals surface area contributed by atoms with Gasteiger partial charge in [0.15, 0.2) is 11.5 Å². The maximum absolute atomic E-state index is 12.7. The molecule has 1 aliphatic heterocycles. The molecule has 3 heterocycles. The molecule has 0 bridgehead atoms. The zero-order valence-electron chi connectivity index (χ0n) is 17.2. The summed E-state index contributed by atoms with van der Waals surface area (Å²) in [6.07, 6.45) is 6.52. The van der Waals surface area contributed by atoms with E-state index in [1.165, 1.54) is 25.7 Å². The summed E-state index contributed by atoms with van der Waals surface area (Å²) >= 11 is 0. The zero-order chi connectivity index (χ0) is 20.8. The van der Waals surface area contributed by atoms with Crippen LogP contribution >= 0.6 is 0 Å². The second-order valence-electron chi connectivity index (χ2n) is 7.50. The van der Waals surface area contributed by atoms with E-state index in [4.69, 9.17) is 13.7 Å². The summed E-state index contributed by atoms with van der Waals surface area (Å²) in [5.41, 5.74) is 1.09. The number of likely N-dealkylation sites (tertiary alicyclic amines) is 1. The molecule has 1 atom stereocenters. The highest BCUT2D eigenvalue weighted by Gasteiger charge is 2.25. The molecule has 158 valence electrons. The fourth-order valence-corrected chi connectivity index (χ4v) is 3.85. The number of carbonyl (C=O) groups excluding carboxylic acids is 1. The van der Waals surface area contributed by atoms with Crippen molar-refractivity contribution in [2.45, 2.75) is 31.7 Å². The van der Waals surface area contributed by atoms with Gasteiger partial charge in [-0.2, -0.15) is 0 Å². The van der Waals surface area contributed by atoms with Gasteiger partial charge in [0.05, 0.1) is 19.4 Å². The van der Waals surface area contributed by atoms with Gasteiger partial charge in [-0.3, -0.25) is 9.69 Å². The average molecular weight is 409 g/mol.